The molecular weight excluding hydrogens is 341 g/mol. The first-order valence-electron chi connectivity index (χ1n) is 5.76. The quantitative estimate of drug-likeness (QED) is 0.507. The van der Waals surface area contributed by atoms with Gasteiger partial charge in [-0.05, 0) is 13.0 Å². The van der Waals surface area contributed by atoms with Crippen molar-refractivity contribution in [2.45, 2.75) is 13.5 Å². The molecule has 0 radical (unpaired) electrons. The van der Waals surface area contributed by atoms with Gasteiger partial charge in [-0.25, -0.2) is 4.99 Å². The van der Waals surface area contributed by atoms with Crippen molar-refractivity contribution in [2.24, 2.45) is 4.99 Å². The van der Waals surface area contributed by atoms with Crippen LogP contribution in [-0.4, -0.2) is 38.6 Å². The third-order valence-corrected chi connectivity index (χ3v) is 2.35. The smallest absolute Gasteiger partial charge is 0.193 e. The molecule has 0 atom stereocenters. The number of nitrogens with zero attached hydrogens (tertiary/aromatic N) is 2. The van der Waals surface area contributed by atoms with Gasteiger partial charge in [0.15, 0.2) is 5.96 Å². The maximum atomic E-state index is 5.29. The fourth-order valence-corrected chi connectivity index (χ4v) is 1.51. The molecule has 1 aromatic carbocycles. The number of hydrogen-bond acceptors (Lipinski definition) is 2. The molecule has 0 saturated carbocycles. The molecule has 0 aliphatic carbocycles. The average Bonchev–Trinajstić information content (AvgIpc) is 2.34. The Kier molecular flexibility index (Phi) is 8.53. The van der Waals surface area contributed by atoms with Crippen LogP contribution in [0.15, 0.2) is 29.3 Å². The highest BCUT2D eigenvalue weighted by atomic mass is 127. The summed E-state index contributed by atoms with van der Waals surface area (Å²) < 4.78 is 5.29. The molecule has 1 rings (SSSR count). The Morgan fingerprint density at radius 2 is 2.00 bits per heavy atom. The van der Waals surface area contributed by atoms with Crippen molar-refractivity contribution in [1.82, 2.24) is 10.2 Å². The fraction of sp³-hybridized carbons (Fsp3) is 0.462. The molecule has 102 valence electrons. The van der Waals surface area contributed by atoms with E-state index in [1.165, 1.54) is 0 Å². The average molecular weight is 363 g/mol. The van der Waals surface area contributed by atoms with Crippen LogP contribution in [0.4, 0.5) is 0 Å². The van der Waals surface area contributed by atoms with Crippen LogP contribution in [0.1, 0.15) is 12.5 Å². The molecule has 0 fully saturated rings. The Hall–Kier alpha value is -0.980. The van der Waals surface area contributed by atoms with Crippen LogP contribution in [-0.2, 0) is 6.54 Å². The number of ether oxygens (including phenoxy) is 1. The van der Waals surface area contributed by atoms with E-state index < -0.39 is 0 Å². The van der Waals surface area contributed by atoms with Crippen molar-refractivity contribution in [2.75, 3.05) is 27.7 Å². The van der Waals surface area contributed by atoms with E-state index in [1.807, 2.05) is 43.3 Å². The molecule has 1 N–H and O–H groups in total. The Morgan fingerprint density at radius 1 is 1.33 bits per heavy atom. The normalized spacial score (nSPS) is 10.6. The highest BCUT2D eigenvalue weighted by molar-refractivity contribution is 14.0. The summed E-state index contributed by atoms with van der Waals surface area (Å²) in [6.45, 7) is 3.54. The monoisotopic (exact) mass is 363 g/mol. The van der Waals surface area contributed by atoms with Crippen LogP contribution in [0, 0.1) is 0 Å². The number of guanidine groups is 1. The van der Waals surface area contributed by atoms with Gasteiger partial charge in [-0.3, -0.25) is 0 Å². The van der Waals surface area contributed by atoms with E-state index in [9.17, 15) is 0 Å². The fourth-order valence-electron chi connectivity index (χ4n) is 1.51. The van der Waals surface area contributed by atoms with Crippen LogP contribution in [0.25, 0.3) is 0 Å². The SMILES string of the molecule is CCNC(=NCc1ccccc1OC)N(C)C.I. The van der Waals surface area contributed by atoms with Gasteiger partial charge in [0.05, 0.1) is 13.7 Å². The van der Waals surface area contributed by atoms with E-state index in [0.29, 0.717) is 6.54 Å². The van der Waals surface area contributed by atoms with Gasteiger partial charge in [0.1, 0.15) is 5.75 Å². The minimum atomic E-state index is 0. The first kappa shape index (κ1) is 17.0. The number of para-hydroxylation sites is 1. The first-order valence-corrected chi connectivity index (χ1v) is 5.76. The number of aliphatic imine (C=N–C) groups is 1. The van der Waals surface area contributed by atoms with Crippen molar-refractivity contribution in [3.63, 3.8) is 0 Å². The molecule has 0 bridgehead atoms. The molecule has 0 amide bonds. The maximum Gasteiger partial charge on any atom is 0.193 e. The third-order valence-electron chi connectivity index (χ3n) is 2.35. The zero-order chi connectivity index (χ0) is 12.7. The first-order chi connectivity index (χ1) is 8.19. The van der Waals surface area contributed by atoms with E-state index in [0.717, 1.165) is 23.8 Å². The van der Waals surface area contributed by atoms with E-state index >= 15 is 0 Å². The molecule has 0 aliphatic rings. The van der Waals surface area contributed by atoms with Crippen LogP contribution < -0.4 is 10.1 Å². The summed E-state index contributed by atoms with van der Waals surface area (Å²) in [4.78, 5) is 6.51. The molecule has 0 aromatic heterocycles. The number of methoxy groups -OCH3 is 1. The van der Waals surface area contributed by atoms with Crippen LogP contribution in [0.3, 0.4) is 0 Å². The molecule has 0 aliphatic heterocycles. The van der Waals surface area contributed by atoms with Gasteiger partial charge in [-0.1, -0.05) is 18.2 Å². The zero-order valence-electron chi connectivity index (χ0n) is 11.4. The minimum Gasteiger partial charge on any atom is -0.496 e. The van der Waals surface area contributed by atoms with Crippen molar-refractivity contribution >= 4 is 29.9 Å². The number of nitrogens with one attached hydrogen (secondary N) is 1. The van der Waals surface area contributed by atoms with E-state index in [2.05, 4.69) is 17.2 Å². The van der Waals surface area contributed by atoms with Gasteiger partial charge in [0, 0.05) is 26.2 Å². The molecule has 1 aromatic rings. The zero-order valence-corrected chi connectivity index (χ0v) is 13.8. The molecule has 18 heavy (non-hydrogen) atoms. The highest BCUT2D eigenvalue weighted by Gasteiger charge is 2.03. The second-order valence-electron chi connectivity index (χ2n) is 3.88. The van der Waals surface area contributed by atoms with E-state index in [1.54, 1.807) is 7.11 Å². The van der Waals surface area contributed by atoms with Gasteiger partial charge >= 0.3 is 0 Å². The topological polar surface area (TPSA) is 36.9 Å². The Bertz CT molecular complexity index is 380. The summed E-state index contributed by atoms with van der Waals surface area (Å²) in [5.74, 6) is 1.77. The number of halogens is 1. The van der Waals surface area contributed by atoms with Crippen LogP contribution in [0.2, 0.25) is 0 Å². The second kappa shape index (κ2) is 9.02. The van der Waals surface area contributed by atoms with Crippen molar-refractivity contribution < 1.29 is 4.74 Å². The largest absolute Gasteiger partial charge is 0.496 e. The van der Waals surface area contributed by atoms with E-state index in [-0.39, 0.29) is 24.0 Å². The van der Waals surface area contributed by atoms with Crippen LogP contribution >= 0.6 is 24.0 Å². The third kappa shape index (κ3) is 5.12. The number of hydrogen-bond donors (Lipinski definition) is 1. The maximum absolute atomic E-state index is 5.29. The summed E-state index contributed by atoms with van der Waals surface area (Å²) in [6.07, 6.45) is 0. The molecule has 0 spiro atoms. The number of benzene rings is 1. The lowest BCUT2D eigenvalue weighted by Crippen LogP contribution is -2.36. The van der Waals surface area contributed by atoms with Gasteiger partial charge in [0.2, 0.25) is 0 Å². The molecule has 0 heterocycles. The summed E-state index contributed by atoms with van der Waals surface area (Å²) in [7, 11) is 5.63. The lowest BCUT2D eigenvalue weighted by atomic mass is 10.2. The summed E-state index contributed by atoms with van der Waals surface area (Å²) >= 11 is 0. The van der Waals surface area contributed by atoms with Crippen LogP contribution in [0.5, 0.6) is 5.75 Å². The Morgan fingerprint density at radius 3 is 2.56 bits per heavy atom. The predicted molar refractivity (Wildman–Crippen MR) is 86.9 cm³/mol. The standard InChI is InChI=1S/C13H21N3O.HI/c1-5-14-13(16(2)3)15-10-11-8-6-7-9-12(11)17-4;/h6-9H,5,10H2,1-4H3,(H,14,15);1H. The predicted octanol–water partition coefficient (Wildman–Crippen LogP) is 2.34. The minimum absolute atomic E-state index is 0. The van der Waals surface area contributed by atoms with Gasteiger partial charge in [-0.15, -0.1) is 24.0 Å². The van der Waals surface area contributed by atoms with Crippen molar-refractivity contribution in [3.05, 3.63) is 29.8 Å². The summed E-state index contributed by atoms with van der Waals surface area (Å²) in [5.41, 5.74) is 1.09. The summed E-state index contributed by atoms with van der Waals surface area (Å²) in [5, 5.41) is 3.22. The lowest BCUT2D eigenvalue weighted by Gasteiger charge is -2.16. The highest BCUT2D eigenvalue weighted by Crippen LogP contribution is 2.17. The Labute approximate surface area is 126 Å². The van der Waals surface area contributed by atoms with E-state index in [4.69, 9.17) is 4.74 Å². The molecule has 0 saturated heterocycles. The molecular formula is C13H22IN3O. The Balaban J connectivity index is 0.00000289. The molecule has 4 nitrogen and oxygen atoms in total. The summed E-state index contributed by atoms with van der Waals surface area (Å²) in [6, 6.07) is 7.94. The van der Waals surface area contributed by atoms with Gasteiger partial charge in [-0.2, -0.15) is 0 Å². The van der Waals surface area contributed by atoms with Crippen molar-refractivity contribution in [3.8, 4) is 5.75 Å². The van der Waals surface area contributed by atoms with Gasteiger partial charge in [0.25, 0.3) is 0 Å². The van der Waals surface area contributed by atoms with Gasteiger partial charge < -0.3 is 15.0 Å². The number of rotatable bonds is 4. The lowest BCUT2D eigenvalue weighted by molar-refractivity contribution is 0.409. The molecule has 0 unspecified atom stereocenters. The second-order valence-corrected chi connectivity index (χ2v) is 3.88. The van der Waals surface area contributed by atoms with Crippen molar-refractivity contribution in [1.29, 1.82) is 0 Å². The molecule has 5 heteroatoms.